The Morgan fingerprint density at radius 2 is 2.00 bits per heavy atom. The highest BCUT2D eigenvalue weighted by atomic mass is 16.5. The van der Waals surface area contributed by atoms with Gasteiger partial charge in [-0.3, -0.25) is 0 Å². The number of nitrogens with two attached hydrogens (primary N) is 1. The van der Waals surface area contributed by atoms with Gasteiger partial charge in [-0.15, -0.1) is 0 Å². The van der Waals surface area contributed by atoms with Gasteiger partial charge in [-0.05, 0) is 24.8 Å². The largest absolute Gasteiger partial charge is 0.379 e. The van der Waals surface area contributed by atoms with E-state index in [0.717, 1.165) is 26.2 Å². The van der Waals surface area contributed by atoms with Crippen molar-refractivity contribution in [3.63, 3.8) is 0 Å². The molecular formula is C17H22N2O. The molecule has 1 aliphatic rings. The van der Waals surface area contributed by atoms with Crippen molar-refractivity contribution >= 4 is 16.5 Å². The maximum Gasteiger partial charge on any atom is 0.0778 e. The summed E-state index contributed by atoms with van der Waals surface area (Å²) >= 11 is 0. The summed E-state index contributed by atoms with van der Waals surface area (Å²) in [4.78, 5) is 2.43. The van der Waals surface area contributed by atoms with E-state index in [1.807, 2.05) is 0 Å². The smallest absolute Gasteiger partial charge is 0.0778 e. The third-order valence-corrected chi connectivity index (χ3v) is 4.41. The number of ether oxygens (including phenoxy) is 1. The molecule has 20 heavy (non-hydrogen) atoms. The van der Waals surface area contributed by atoms with Gasteiger partial charge in [0, 0.05) is 30.8 Å². The van der Waals surface area contributed by atoms with Crippen molar-refractivity contribution in [1.29, 1.82) is 0 Å². The normalized spacial score (nSPS) is 22.3. The molecule has 1 unspecified atom stereocenters. The van der Waals surface area contributed by atoms with Gasteiger partial charge in [0.15, 0.2) is 0 Å². The molecule has 3 nitrogen and oxygen atoms in total. The fourth-order valence-electron chi connectivity index (χ4n) is 3.29. The quantitative estimate of drug-likeness (QED) is 0.928. The van der Waals surface area contributed by atoms with Crippen LogP contribution in [0, 0.1) is 0 Å². The first-order valence-electron chi connectivity index (χ1n) is 7.34. The molecule has 2 N–H and O–H groups in total. The molecule has 1 aliphatic heterocycles. The molecule has 0 aliphatic carbocycles. The van der Waals surface area contributed by atoms with E-state index in [9.17, 15) is 0 Å². The molecule has 1 fully saturated rings. The Morgan fingerprint density at radius 1 is 1.20 bits per heavy atom. The number of fused-ring (bicyclic) bond motifs is 1. The molecule has 3 rings (SSSR count). The van der Waals surface area contributed by atoms with Crippen molar-refractivity contribution in [2.45, 2.75) is 18.9 Å². The van der Waals surface area contributed by atoms with Crippen molar-refractivity contribution in [1.82, 2.24) is 0 Å². The minimum atomic E-state index is -0.0567. The fraction of sp³-hybridized carbons (Fsp3) is 0.412. The lowest BCUT2D eigenvalue weighted by atomic mass is 9.94. The maximum absolute atomic E-state index is 6.11. The molecule has 0 aromatic heterocycles. The first kappa shape index (κ1) is 13.4. The molecule has 0 bridgehead atoms. The SMILES string of the molecule is CCN(c1cccc2ccccc12)C1(CN)CCOC1. The predicted molar refractivity (Wildman–Crippen MR) is 84.2 cm³/mol. The molecule has 2 aromatic rings. The highest BCUT2D eigenvalue weighted by Gasteiger charge is 2.39. The Bertz CT molecular complexity index is 585. The van der Waals surface area contributed by atoms with Gasteiger partial charge in [0.05, 0.1) is 12.1 Å². The summed E-state index contributed by atoms with van der Waals surface area (Å²) in [6.07, 6.45) is 1.00. The van der Waals surface area contributed by atoms with E-state index in [1.54, 1.807) is 0 Å². The highest BCUT2D eigenvalue weighted by molar-refractivity contribution is 5.94. The molecule has 0 amide bonds. The topological polar surface area (TPSA) is 38.5 Å². The second-order valence-electron chi connectivity index (χ2n) is 5.47. The Labute approximate surface area is 120 Å². The van der Waals surface area contributed by atoms with Crippen LogP contribution in [0.15, 0.2) is 42.5 Å². The summed E-state index contributed by atoms with van der Waals surface area (Å²) in [5, 5.41) is 2.56. The van der Waals surface area contributed by atoms with Crippen LogP contribution < -0.4 is 10.6 Å². The number of hydrogen-bond donors (Lipinski definition) is 1. The second kappa shape index (κ2) is 5.43. The van der Waals surface area contributed by atoms with Crippen LogP contribution in [0.5, 0.6) is 0 Å². The number of rotatable bonds is 4. The molecule has 1 heterocycles. The van der Waals surface area contributed by atoms with Crippen LogP contribution in [0.3, 0.4) is 0 Å². The van der Waals surface area contributed by atoms with E-state index in [2.05, 4.69) is 54.3 Å². The third-order valence-electron chi connectivity index (χ3n) is 4.41. The van der Waals surface area contributed by atoms with Gasteiger partial charge >= 0.3 is 0 Å². The minimum Gasteiger partial charge on any atom is -0.379 e. The van der Waals surface area contributed by atoms with Crippen molar-refractivity contribution in [2.24, 2.45) is 5.73 Å². The second-order valence-corrected chi connectivity index (χ2v) is 5.47. The summed E-state index contributed by atoms with van der Waals surface area (Å²) in [6, 6.07) is 15.0. The van der Waals surface area contributed by atoms with Gasteiger partial charge < -0.3 is 15.4 Å². The molecule has 0 spiro atoms. The first-order chi connectivity index (χ1) is 9.80. The zero-order valence-corrected chi connectivity index (χ0v) is 12.0. The molecule has 0 radical (unpaired) electrons. The molecule has 1 atom stereocenters. The van der Waals surface area contributed by atoms with Gasteiger partial charge in [-0.25, -0.2) is 0 Å². The highest BCUT2D eigenvalue weighted by Crippen LogP contribution is 2.34. The van der Waals surface area contributed by atoms with E-state index >= 15 is 0 Å². The third kappa shape index (κ3) is 2.07. The molecule has 3 heteroatoms. The summed E-state index contributed by atoms with van der Waals surface area (Å²) < 4.78 is 5.65. The first-order valence-corrected chi connectivity index (χ1v) is 7.34. The Balaban J connectivity index is 2.12. The Morgan fingerprint density at radius 3 is 2.70 bits per heavy atom. The fourth-order valence-corrected chi connectivity index (χ4v) is 3.29. The van der Waals surface area contributed by atoms with Crippen LogP contribution >= 0.6 is 0 Å². The lowest BCUT2D eigenvalue weighted by molar-refractivity contribution is 0.177. The van der Waals surface area contributed by atoms with Crippen molar-refractivity contribution < 1.29 is 4.74 Å². The average Bonchev–Trinajstić information content (AvgIpc) is 2.98. The van der Waals surface area contributed by atoms with Crippen molar-refractivity contribution in [3.05, 3.63) is 42.5 Å². The molecule has 0 saturated carbocycles. The van der Waals surface area contributed by atoms with Crippen LogP contribution in [0.2, 0.25) is 0 Å². The number of anilines is 1. The van der Waals surface area contributed by atoms with Crippen LogP contribution in [0.1, 0.15) is 13.3 Å². The predicted octanol–water partition coefficient (Wildman–Crippen LogP) is 2.78. The number of nitrogens with zero attached hydrogens (tertiary/aromatic N) is 1. The molecule has 106 valence electrons. The Hall–Kier alpha value is -1.58. The van der Waals surface area contributed by atoms with Crippen LogP contribution in [-0.4, -0.2) is 31.8 Å². The van der Waals surface area contributed by atoms with Gasteiger partial charge in [0.1, 0.15) is 0 Å². The molecule has 1 saturated heterocycles. The zero-order chi connectivity index (χ0) is 14.0. The average molecular weight is 270 g/mol. The van der Waals surface area contributed by atoms with E-state index in [-0.39, 0.29) is 5.54 Å². The monoisotopic (exact) mass is 270 g/mol. The van der Waals surface area contributed by atoms with Gasteiger partial charge in [0.25, 0.3) is 0 Å². The van der Waals surface area contributed by atoms with Gasteiger partial charge in [0.2, 0.25) is 0 Å². The lowest BCUT2D eigenvalue weighted by Crippen LogP contribution is -2.55. The summed E-state index contributed by atoms with van der Waals surface area (Å²) in [5.74, 6) is 0. The van der Waals surface area contributed by atoms with E-state index in [1.165, 1.54) is 16.5 Å². The van der Waals surface area contributed by atoms with Crippen LogP contribution in [0.4, 0.5) is 5.69 Å². The minimum absolute atomic E-state index is 0.0567. The standard InChI is InChI=1S/C17H22N2O/c1-2-19(17(12-18)10-11-20-13-17)16-9-5-7-14-6-3-4-8-15(14)16/h3-9H,2,10-13,18H2,1H3. The number of likely N-dealkylation sites (N-methyl/N-ethyl adjacent to an activating group) is 1. The van der Waals surface area contributed by atoms with Crippen molar-refractivity contribution in [2.75, 3.05) is 31.2 Å². The zero-order valence-electron chi connectivity index (χ0n) is 12.0. The van der Waals surface area contributed by atoms with E-state index in [0.29, 0.717) is 6.54 Å². The molecular weight excluding hydrogens is 248 g/mol. The van der Waals surface area contributed by atoms with Crippen LogP contribution in [0.25, 0.3) is 10.8 Å². The summed E-state index contributed by atoms with van der Waals surface area (Å²) in [6.45, 7) is 5.29. The summed E-state index contributed by atoms with van der Waals surface area (Å²) in [5.41, 5.74) is 7.31. The lowest BCUT2D eigenvalue weighted by Gasteiger charge is -2.41. The van der Waals surface area contributed by atoms with E-state index in [4.69, 9.17) is 10.5 Å². The number of benzene rings is 2. The van der Waals surface area contributed by atoms with Crippen molar-refractivity contribution in [3.8, 4) is 0 Å². The molecule has 2 aromatic carbocycles. The van der Waals surface area contributed by atoms with Gasteiger partial charge in [-0.1, -0.05) is 36.4 Å². The maximum atomic E-state index is 6.11. The van der Waals surface area contributed by atoms with Crippen LogP contribution in [-0.2, 0) is 4.74 Å². The summed E-state index contributed by atoms with van der Waals surface area (Å²) in [7, 11) is 0. The number of hydrogen-bond acceptors (Lipinski definition) is 3. The van der Waals surface area contributed by atoms with E-state index < -0.39 is 0 Å². The van der Waals surface area contributed by atoms with Gasteiger partial charge in [-0.2, -0.15) is 0 Å². The Kier molecular flexibility index (Phi) is 3.64.